The lowest BCUT2D eigenvalue weighted by molar-refractivity contribution is 0.346. The molecule has 128 valence electrons. The summed E-state index contributed by atoms with van der Waals surface area (Å²) < 4.78 is 63.0. The van der Waals surface area contributed by atoms with Crippen LogP contribution in [0.4, 0.5) is 5.69 Å². The summed E-state index contributed by atoms with van der Waals surface area (Å²) in [5.41, 5.74) is 2.20. The zero-order valence-electron chi connectivity index (χ0n) is 12.7. The Kier molecular flexibility index (Phi) is 4.02. The van der Waals surface area contributed by atoms with Crippen LogP contribution in [0.1, 0.15) is 5.56 Å². The standard InChI is InChI=1S/C15H15NO6S2/c1-23(17,18)16-13-4-2-3-10(8-13)12-7-11-5-6-22-15(11)14(9-12)24(19,20)21/h2-4,7-9,16H,5-6H2,1H3,(H,19,20,21). The lowest BCUT2D eigenvalue weighted by Crippen LogP contribution is -2.09. The minimum absolute atomic E-state index is 0.173. The first-order valence-electron chi connectivity index (χ1n) is 6.99. The third-order valence-corrected chi connectivity index (χ3v) is 4.99. The molecule has 0 unspecified atom stereocenters. The Morgan fingerprint density at radius 3 is 2.50 bits per heavy atom. The molecule has 0 saturated heterocycles. The second kappa shape index (κ2) is 5.76. The van der Waals surface area contributed by atoms with Crippen molar-refractivity contribution in [3.05, 3.63) is 42.0 Å². The van der Waals surface area contributed by atoms with E-state index in [-0.39, 0.29) is 10.6 Å². The van der Waals surface area contributed by atoms with E-state index in [1.807, 2.05) is 0 Å². The molecule has 0 saturated carbocycles. The Hall–Kier alpha value is -2.10. The molecular formula is C15H15NO6S2. The van der Waals surface area contributed by atoms with Crippen LogP contribution in [-0.4, -0.2) is 34.3 Å². The van der Waals surface area contributed by atoms with Gasteiger partial charge in [-0.3, -0.25) is 9.27 Å². The molecule has 1 aliphatic rings. The van der Waals surface area contributed by atoms with E-state index in [0.29, 0.717) is 35.4 Å². The topological polar surface area (TPSA) is 110 Å². The molecule has 0 spiro atoms. The quantitative estimate of drug-likeness (QED) is 0.797. The van der Waals surface area contributed by atoms with Gasteiger partial charge in [-0.15, -0.1) is 0 Å². The van der Waals surface area contributed by atoms with Gasteiger partial charge in [-0.1, -0.05) is 12.1 Å². The van der Waals surface area contributed by atoms with Crippen molar-refractivity contribution < 1.29 is 26.1 Å². The van der Waals surface area contributed by atoms with Crippen LogP contribution in [0.2, 0.25) is 0 Å². The third kappa shape index (κ3) is 3.53. The largest absolute Gasteiger partial charge is 0.491 e. The van der Waals surface area contributed by atoms with Crippen LogP contribution in [0.5, 0.6) is 5.75 Å². The molecule has 0 atom stereocenters. The van der Waals surface area contributed by atoms with Crippen LogP contribution in [0.25, 0.3) is 11.1 Å². The maximum absolute atomic E-state index is 11.6. The summed E-state index contributed by atoms with van der Waals surface area (Å²) in [6, 6.07) is 9.64. The molecule has 0 aromatic heterocycles. The lowest BCUT2D eigenvalue weighted by Gasteiger charge is -2.11. The van der Waals surface area contributed by atoms with E-state index in [1.165, 1.54) is 6.07 Å². The van der Waals surface area contributed by atoms with Crippen molar-refractivity contribution in [1.29, 1.82) is 0 Å². The van der Waals surface area contributed by atoms with Crippen molar-refractivity contribution in [2.75, 3.05) is 17.6 Å². The van der Waals surface area contributed by atoms with Gasteiger partial charge in [-0.25, -0.2) is 8.42 Å². The van der Waals surface area contributed by atoms with Crippen molar-refractivity contribution in [2.45, 2.75) is 11.3 Å². The monoisotopic (exact) mass is 369 g/mol. The summed E-state index contributed by atoms with van der Waals surface area (Å²) in [5, 5.41) is 0. The summed E-state index contributed by atoms with van der Waals surface area (Å²) in [4.78, 5) is -0.283. The third-order valence-electron chi connectivity index (χ3n) is 3.53. The van der Waals surface area contributed by atoms with Gasteiger partial charge in [0.25, 0.3) is 10.1 Å². The van der Waals surface area contributed by atoms with Crippen LogP contribution < -0.4 is 9.46 Å². The van der Waals surface area contributed by atoms with Crippen molar-refractivity contribution >= 4 is 25.8 Å². The molecule has 24 heavy (non-hydrogen) atoms. The number of hydrogen-bond acceptors (Lipinski definition) is 5. The number of fused-ring (bicyclic) bond motifs is 1. The van der Waals surface area contributed by atoms with Crippen LogP contribution in [0.15, 0.2) is 41.3 Å². The van der Waals surface area contributed by atoms with Crippen molar-refractivity contribution in [3.63, 3.8) is 0 Å². The first-order valence-corrected chi connectivity index (χ1v) is 10.3. The predicted octanol–water partition coefficient (Wildman–Crippen LogP) is 1.91. The molecule has 0 amide bonds. The van der Waals surface area contributed by atoms with E-state index in [0.717, 1.165) is 6.26 Å². The number of ether oxygens (including phenoxy) is 1. The summed E-state index contributed by atoms with van der Waals surface area (Å²) >= 11 is 0. The highest BCUT2D eigenvalue weighted by Gasteiger charge is 2.25. The van der Waals surface area contributed by atoms with Gasteiger partial charge in [0.05, 0.1) is 12.9 Å². The molecule has 0 fully saturated rings. The van der Waals surface area contributed by atoms with Gasteiger partial charge >= 0.3 is 0 Å². The molecular weight excluding hydrogens is 354 g/mol. The van der Waals surface area contributed by atoms with Gasteiger partial charge in [0, 0.05) is 12.1 Å². The highest BCUT2D eigenvalue weighted by atomic mass is 32.2. The molecule has 3 rings (SSSR count). The van der Waals surface area contributed by atoms with Gasteiger partial charge in [0.1, 0.15) is 10.6 Å². The Morgan fingerprint density at radius 1 is 1.08 bits per heavy atom. The first kappa shape index (κ1) is 16.7. The fourth-order valence-electron chi connectivity index (χ4n) is 2.61. The van der Waals surface area contributed by atoms with E-state index < -0.39 is 20.1 Å². The number of sulfonamides is 1. The van der Waals surface area contributed by atoms with Gasteiger partial charge < -0.3 is 4.74 Å². The number of hydrogen-bond donors (Lipinski definition) is 2. The highest BCUT2D eigenvalue weighted by molar-refractivity contribution is 7.92. The van der Waals surface area contributed by atoms with Gasteiger partial charge in [0.15, 0.2) is 0 Å². The average molecular weight is 369 g/mol. The van der Waals surface area contributed by atoms with E-state index in [1.54, 1.807) is 30.3 Å². The molecule has 9 heteroatoms. The molecule has 1 heterocycles. The van der Waals surface area contributed by atoms with Crippen molar-refractivity contribution in [2.24, 2.45) is 0 Å². The van der Waals surface area contributed by atoms with E-state index >= 15 is 0 Å². The minimum atomic E-state index is -4.43. The molecule has 1 aliphatic heterocycles. The zero-order chi connectivity index (χ0) is 17.5. The van der Waals surface area contributed by atoms with Crippen LogP contribution in [0, 0.1) is 0 Å². The Morgan fingerprint density at radius 2 is 1.83 bits per heavy atom. The van der Waals surface area contributed by atoms with Crippen molar-refractivity contribution in [3.8, 4) is 16.9 Å². The van der Waals surface area contributed by atoms with Gasteiger partial charge in [0.2, 0.25) is 10.0 Å². The number of anilines is 1. The van der Waals surface area contributed by atoms with E-state index in [2.05, 4.69) is 4.72 Å². The van der Waals surface area contributed by atoms with E-state index in [9.17, 15) is 21.4 Å². The molecule has 7 nitrogen and oxygen atoms in total. The van der Waals surface area contributed by atoms with Crippen LogP contribution in [0.3, 0.4) is 0 Å². The fraction of sp³-hybridized carbons (Fsp3) is 0.200. The summed E-state index contributed by atoms with van der Waals surface area (Å²) in [5.74, 6) is 0.173. The number of benzene rings is 2. The SMILES string of the molecule is CS(=O)(=O)Nc1cccc(-c2cc3c(c(S(=O)(=O)O)c2)OCC3)c1. The Balaban J connectivity index is 2.12. The van der Waals surface area contributed by atoms with Gasteiger partial charge in [-0.2, -0.15) is 8.42 Å². The Bertz CT molecular complexity index is 1010. The molecule has 2 aromatic rings. The summed E-state index contributed by atoms with van der Waals surface area (Å²) in [6.07, 6.45) is 1.58. The second-order valence-electron chi connectivity index (χ2n) is 5.49. The smallest absolute Gasteiger partial charge is 0.298 e. The molecule has 2 aromatic carbocycles. The molecule has 2 N–H and O–H groups in total. The Labute approximate surface area is 140 Å². The van der Waals surface area contributed by atoms with E-state index in [4.69, 9.17) is 4.74 Å². The molecule has 0 bridgehead atoms. The van der Waals surface area contributed by atoms with Crippen LogP contribution >= 0.6 is 0 Å². The number of nitrogens with one attached hydrogen (secondary N) is 1. The maximum Gasteiger partial charge on any atom is 0.298 e. The van der Waals surface area contributed by atoms with Crippen molar-refractivity contribution in [1.82, 2.24) is 0 Å². The molecule has 0 radical (unpaired) electrons. The highest BCUT2D eigenvalue weighted by Crippen LogP contribution is 2.37. The first-order chi connectivity index (χ1) is 11.1. The van der Waals surface area contributed by atoms with Crippen LogP contribution in [-0.2, 0) is 26.6 Å². The normalized spacial score (nSPS) is 14.1. The van der Waals surface area contributed by atoms with Gasteiger partial charge in [-0.05, 0) is 41.0 Å². The molecule has 0 aliphatic carbocycles. The summed E-state index contributed by atoms with van der Waals surface area (Å²) in [7, 11) is -7.86. The zero-order valence-corrected chi connectivity index (χ0v) is 14.3. The maximum atomic E-state index is 11.6. The lowest BCUT2D eigenvalue weighted by atomic mass is 10.0. The average Bonchev–Trinajstić information content (AvgIpc) is 2.91. The fourth-order valence-corrected chi connectivity index (χ4v) is 3.86. The predicted molar refractivity (Wildman–Crippen MR) is 89.4 cm³/mol. The number of rotatable bonds is 4. The summed E-state index contributed by atoms with van der Waals surface area (Å²) in [6.45, 7) is 0.344. The minimum Gasteiger partial charge on any atom is -0.491 e. The second-order valence-corrected chi connectivity index (χ2v) is 8.63.